The second-order valence-electron chi connectivity index (χ2n) is 3.29. The van der Waals surface area contributed by atoms with E-state index < -0.39 is 0 Å². The maximum absolute atomic E-state index is 11.8. The van der Waals surface area contributed by atoms with Crippen LogP contribution in [0, 0.1) is 5.92 Å². The summed E-state index contributed by atoms with van der Waals surface area (Å²) in [6, 6.07) is 3.56. The zero-order chi connectivity index (χ0) is 9.10. The molecule has 2 rings (SSSR count). The predicted molar refractivity (Wildman–Crippen MR) is 64.0 cm³/mol. The second kappa shape index (κ2) is 6.77. The summed E-state index contributed by atoms with van der Waals surface area (Å²) in [5, 5.41) is 3.19. The fourth-order valence-electron chi connectivity index (χ4n) is 1.63. The Morgan fingerprint density at radius 2 is 2.00 bits per heavy atom. The van der Waals surface area contributed by atoms with Crippen LogP contribution in [0.25, 0.3) is 0 Å². The molecule has 0 aliphatic carbocycles. The van der Waals surface area contributed by atoms with Crippen LogP contribution >= 0.6 is 24.8 Å². The van der Waals surface area contributed by atoms with Gasteiger partial charge in [0.2, 0.25) is 0 Å². The summed E-state index contributed by atoms with van der Waals surface area (Å²) in [6.07, 6.45) is 4.28. The molecule has 3 nitrogen and oxygen atoms in total. The van der Waals surface area contributed by atoms with Gasteiger partial charge in [-0.1, -0.05) is 0 Å². The number of hydrogen-bond acceptors (Lipinski definition) is 3. The van der Waals surface area contributed by atoms with Crippen molar-refractivity contribution in [1.82, 2.24) is 10.3 Å². The molecule has 0 radical (unpaired) electrons. The summed E-state index contributed by atoms with van der Waals surface area (Å²) in [5.74, 6) is 0.412. The fraction of sp³-hybridized carbons (Fsp3) is 0.400. The average molecular weight is 249 g/mol. The van der Waals surface area contributed by atoms with Crippen molar-refractivity contribution in [2.45, 2.75) is 6.42 Å². The topological polar surface area (TPSA) is 42.0 Å². The van der Waals surface area contributed by atoms with Crippen LogP contribution in [0.4, 0.5) is 0 Å². The van der Waals surface area contributed by atoms with Gasteiger partial charge < -0.3 is 5.32 Å². The molecule has 1 unspecified atom stereocenters. The number of halogens is 2. The zero-order valence-corrected chi connectivity index (χ0v) is 9.81. The molecule has 1 aliphatic heterocycles. The number of pyridine rings is 1. The molecule has 1 fully saturated rings. The van der Waals surface area contributed by atoms with Crippen LogP contribution in [0.2, 0.25) is 0 Å². The zero-order valence-electron chi connectivity index (χ0n) is 8.18. The maximum Gasteiger partial charge on any atom is 0.167 e. The lowest BCUT2D eigenvalue weighted by Gasteiger charge is -2.05. The number of aromatic nitrogens is 1. The largest absolute Gasteiger partial charge is 0.316 e. The third-order valence-electron chi connectivity index (χ3n) is 2.40. The molecule has 5 heteroatoms. The van der Waals surface area contributed by atoms with Crippen molar-refractivity contribution in [3.63, 3.8) is 0 Å². The molecule has 0 saturated carbocycles. The molecule has 1 saturated heterocycles. The number of rotatable bonds is 2. The normalized spacial score (nSPS) is 18.8. The van der Waals surface area contributed by atoms with Crippen molar-refractivity contribution in [2.75, 3.05) is 13.1 Å². The molecule has 0 bridgehead atoms. The monoisotopic (exact) mass is 248 g/mol. The van der Waals surface area contributed by atoms with Crippen LogP contribution in [-0.4, -0.2) is 23.9 Å². The predicted octanol–water partition coefficient (Wildman–Crippen LogP) is 1.72. The summed E-state index contributed by atoms with van der Waals surface area (Å²) >= 11 is 0. The van der Waals surface area contributed by atoms with E-state index in [2.05, 4.69) is 10.3 Å². The van der Waals surface area contributed by atoms with Crippen LogP contribution in [0.5, 0.6) is 0 Å². The van der Waals surface area contributed by atoms with Crippen molar-refractivity contribution < 1.29 is 4.79 Å². The van der Waals surface area contributed by atoms with Gasteiger partial charge in [-0.2, -0.15) is 0 Å². The first kappa shape index (κ1) is 14.4. The minimum Gasteiger partial charge on any atom is -0.316 e. The number of Topliss-reactive ketones (excluding diaryl/α,β-unsaturated/α-hetero) is 1. The molecule has 1 aliphatic rings. The van der Waals surface area contributed by atoms with Gasteiger partial charge in [0.1, 0.15) is 0 Å². The number of nitrogens with zero attached hydrogens (tertiary/aromatic N) is 1. The standard InChI is InChI=1S/C10H12N2O.2ClH/c13-10(9-3-6-12-7-9)8-1-4-11-5-2-8;;/h1-2,4-5,9,12H,3,6-7H2;2*1H. The van der Waals surface area contributed by atoms with Crippen LogP contribution in [0.15, 0.2) is 24.5 Å². The highest BCUT2D eigenvalue weighted by atomic mass is 35.5. The van der Waals surface area contributed by atoms with Gasteiger partial charge >= 0.3 is 0 Å². The molecule has 84 valence electrons. The van der Waals surface area contributed by atoms with Gasteiger partial charge in [-0.15, -0.1) is 24.8 Å². The van der Waals surface area contributed by atoms with E-state index in [0.717, 1.165) is 25.1 Å². The number of hydrogen-bond donors (Lipinski definition) is 1. The molecule has 0 amide bonds. The molecule has 1 N–H and O–H groups in total. The number of carbonyl (C=O) groups is 1. The van der Waals surface area contributed by atoms with Crippen molar-refractivity contribution in [3.05, 3.63) is 30.1 Å². The van der Waals surface area contributed by atoms with Gasteiger partial charge in [-0.25, -0.2) is 0 Å². The summed E-state index contributed by atoms with van der Waals surface area (Å²) < 4.78 is 0. The first-order valence-electron chi connectivity index (χ1n) is 4.53. The van der Waals surface area contributed by atoms with Crippen molar-refractivity contribution in [1.29, 1.82) is 0 Å². The van der Waals surface area contributed by atoms with E-state index >= 15 is 0 Å². The van der Waals surface area contributed by atoms with Gasteiger partial charge in [-0.05, 0) is 25.1 Å². The lowest BCUT2D eigenvalue weighted by atomic mass is 9.98. The van der Waals surface area contributed by atoms with Crippen molar-refractivity contribution >= 4 is 30.6 Å². The van der Waals surface area contributed by atoms with E-state index in [1.165, 1.54) is 0 Å². The van der Waals surface area contributed by atoms with Crippen molar-refractivity contribution in [2.24, 2.45) is 5.92 Å². The van der Waals surface area contributed by atoms with Gasteiger partial charge in [0, 0.05) is 30.4 Å². The van der Waals surface area contributed by atoms with E-state index in [1.807, 2.05) is 0 Å². The molecule has 15 heavy (non-hydrogen) atoms. The first-order chi connectivity index (χ1) is 6.38. The molecule has 1 aromatic rings. The minimum absolute atomic E-state index is 0. The van der Waals surface area contributed by atoms with E-state index in [0.29, 0.717) is 0 Å². The Bertz CT molecular complexity index is 300. The Morgan fingerprint density at radius 1 is 1.33 bits per heavy atom. The molecule has 2 heterocycles. The molecule has 0 spiro atoms. The lowest BCUT2D eigenvalue weighted by Crippen LogP contribution is -2.17. The molecular formula is C10H14Cl2N2O. The Hall–Kier alpha value is -0.640. The van der Waals surface area contributed by atoms with Gasteiger partial charge in [0.15, 0.2) is 5.78 Å². The molecule has 0 aromatic carbocycles. The molecular weight excluding hydrogens is 235 g/mol. The van der Waals surface area contributed by atoms with Crippen molar-refractivity contribution in [3.8, 4) is 0 Å². The second-order valence-corrected chi connectivity index (χ2v) is 3.29. The minimum atomic E-state index is 0. The fourth-order valence-corrected chi connectivity index (χ4v) is 1.63. The summed E-state index contributed by atoms with van der Waals surface area (Å²) in [4.78, 5) is 15.7. The Balaban J connectivity index is 0.000000980. The number of ketones is 1. The highest BCUT2D eigenvalue weighted by molar-refractivity contribution is 5.98. The average Bonchev–Trinajstić information content (AvgIpc) is 2.71. The highest BCUT2D eigenvalue weighted by Gasteiger charge is 2.22. The number of carbonyl (C=O) groups excluding carboxylic acids is 1. The summed E-state index contributed by atoms with van der Waals surface area (Å²) in [5.41, 5.74) is 0.781. The first-order valence-corrected chi connectivity index (χ1v) is 4.53. The smallest absolute Gasteiger partial charge is 0.167 e. The highest BCUT2D eigenvalue weighted by Crippen LogP contribution is 2.14. The maximum atomic E-state index is 11.8. The molecule has 1 aromatic heterocycles. The Kier molecular flexibility index (Phi) is 6.48. The Morgan fingerprint density at radius 3 is 2.53 bits per heavy atom. The summed E-state index contributed by atoms with van der Waals surface area (Å²) in [6.45, 7) is 1.78. The Labute approximate surface area is 101 Å². The van der Waals surface area contributed by atoms with Gasteiger partial charge in [-0.3, -0.25) is 9.78 Å². The molecule has 1 atom stereocenters. The van der Waals surface area contributed by atoms with E-state index in [9.17, 15) is 4.79 Å². The summed E-state index contributed by atoms with van der Waals surface area (Å²) in [7, 11) is 0. The lowest BCUT2D eigenvalue weighted by molar-refractivity contribution is 0.0930. The van der Waals surface area contributed by atoms with Crippen LogP contribution < -0.4 is 5.32 Å². The van der Waals surface area contributed by atoms with Crippen LogP contribution in [-0.2, 0) is 0 Å². The number of nitrogens with one attached hydrogen (secondary N) is 1. The van der Waals surface area contributed by atoms with Crippen LogP contribution in [0.3, 0.4) is 0 Å². The third kappa shape index (κ3) is 3.45. The quantitative estimate of drug-likeness (QED) is 0.811. The van der Waals surface area contributed by atoms with Gasteiger partial charge in [0.25, 0.3) is 0 Å². The van der Waals surface area contributed by atoms with E-state index in [1.54, 1.807) is 24.5 Å². The SMILES string of the molecule is Cl.Cl.O=C(c1ccncc1)C1CCNC1. The van der Waals surface area contributed by atoms with E-state index in [4.69, 9.17) is 0 Å². The third-order valence-corrected chi connectivity index (χ3v) is 2.40. The van der Waals surface area contributed by atoms with Crippen LogP contribution in [0.1, 0.15) is 16.8 Å². The van der Waals surface area contributed by atoms with E-state index in [-0.39, 0.29) is 36.5 Å². The van der Waals surface area contributed by atoms with Gasteiger partial charge in [0.05, 0.1) is 0 Å².